The second-order valence-corrected chi connectivity index (χ2v) is 12.1. The molecule has 0 N–H and O–H groups in total. The molecule has 1 aliphatic heterocycles. The molecular formula is C34H24F2N4O2S2. The Morgan fingerprint density at radius 1 is 0.795 bits per heavy atom. The van der Waals surface area contributed by atoms with E-state index in [2.05, 4.69) is 88.2 Å². The molecule has 0 radical (unpaired) electrons. The summed E-state index contributed by atoms with van der Waals surface area (Å²) in [5, 5.41) is 1.04. The minimum Gasteiger partial charge on any atom is -0.367 e. The number of aryl methyl sites for hydroxylation is 2. The lowest BCUT2D eigenvalue weighted by Gasteiger charge is -2.24. The number of aliphatic imine (C=N–C) groups is 1. The molecule has 0 amide bonds. The van der Waals surface area contributed by atoms with Crippen LogP contribution in [0.2, 0.25) is 0 Å². The van der Waals surface area contributed by atoms with Gasteiger partial charge in [0.05, 0.1) is 35.3 Å². The molecule has 3 heterocycles. The zero-order chi connectivity index (χ0) is 30.4. The van der Waals surface area contributed by atoms with Crippen molar-refractivity contribution in [2.45, 2.75) is 13.8 Å². The van der Waals surface area contributed by atoms with Crippen LogP contribution in [0.4, 0.5) is 30.8 Å². The lowest BCUT2D eigenvalue weighted by Crippen LogP contribution is -2.11. The number of anilines is 3. The van der Waals surface area contributed by atoms with Crippen LogP contribution in [0.15, 0.2) is 89.9 Å². The number of ketones is 1. The highest BCUT2D eigenvalue weighted by Crippen LogP contribution is 2.44. The number of hydrogen-bond donors (Lipinski definition) is 0. The number of thiophene rings is 1. The first-order chi connectivity index (χ1) is 21.4. The number of ether oxygens (including phenoxy) is 1. The summed E-state index contributed by atoms with van der Waals surface area (Å²) in [6, 6.07) is 26.6. The van der Waals surface area contributed by atoms with Crippen LogP contribution in [-0.2, 0) is 4.74 Å². The first kappa shape index (κ1) is 28.1. The number of carbonyl (C=O) groups is 1. The zero-order valence-electron chi connectivity index (χ0n) is 23.7. The molecule has 6 aromatic rings. The van der Waals surface area contributed by atoms with Gasteiger partial charge >= 0.3 is 0 Å². The Morgan fingerprint density at radius 3 is 2.18 bits per heavy atom. The fraction of sp³-hybridized carbons (Fsp3) is 0.118. The van der Waals surface area contributed by atoms with Gasteiger partial charge in [-0.2, -0.15) is 8.75 Å². The molecule has 218 valence electrons. The Labute approximate surface area is 260 Å². The van der Waals surface area contributed by atoms with Crippen molar-refractivity contribution in [2.75, 3.05) is 18.1 Å². The maximum absolute atomic E-state index is 14.6. The van der Waals surface area contributed by atoms with Crippen LogP contribution in [0.1, 0.15) is 27.0 Å². The van der Waals surface area contributed by atoms with E-state index in [1.54, 1.807) is 11.3 Å². The fourth-order valence-corrected chi connectivity index (χ4v) is 6.88. The maximum atomic E-state index is 14.6. The molecule has 6 nitrogen and oxygen atoms in total. The van der Waals surface area contributed by atoms with E-state index in [1.165, 1.54) is 11.1 Å². The number of benzene rings is 4. The number of rotatable bonds is 5. The predicted octanol–water partition coefficient (Wildman–Crippen LogP) is 9.12. The third-order valence-electron chi connectivity index (χ3n) is 7.43. The SMILES string of the molecule is Cc1ccc(N(c2ccc(C)cc2)c2ccc(-c3ccc(N=C4COCC(=O)c5c(F)cc(F)cc54)c4nsnc34)s2)cc1. The Balaban J connectivity index is 1.30. The van der Waals surface area contributed by atoms with Crippen molar-refractivity contribution in [3.05, 3.63) is 119 Å². The summed E-state index contributed by atoms with van der Waals surface area (Å²) in [4.78, 5) is 20.4. The summed E-state index contributed by atoms with van der Waals surface area (Å²) in [5.74, 6) is -2.28. The van der Waals surface area contributed by atoms with Crippen LogP contribution in [-0.4, -0.2) is 33.5 Å². The van der Waals surface area contributed by atoms with Crippen molar-refractivity contribution in [2.24, 2.45) is 4.99 Å². The van der Waals surface area contributed by atoms with Crippen LogP contribution in [0.5, 0.6) is 0 Å². The van der Waals surface area contributed by atoms with E-state index in [0.29, 0.717) is 22.8 Å². The van der Waals surface area contributed by atoms with Crippen molar-refractivity contribution in [3.63, 3.8) is 0 Å². The zero-order valence-corrected chi connectivity index (χ0v) is 25.3. The normalized spacial score (nSPS) is 14.2. The van der Waals surface area contributed by atoms with Gasteiger partial charge in [-0.1, -0.05) is 35.4 Å². The largest absolute Gasteiger partial charge is 0.367 e. The van der Waals surface area contributed by atoms with Crippen LogP contribution < -0.4 is 4.90 Å². The molecule has 2 aromatic heterocycles. The second-order valence-electron chi connectivity index (χ2n) is 10.5. The Morgan fingerprint density at radius 2 is 1.48 bits per heavy atom. The number of hydrogen-bond acceptors (Lipinski definition) is 8. The minimum absolute atomic E-state index is 0.0788. The second kappa shape index (κ2) is 11.5. The van der Waals surface area contributed by atoms with Gasteiger partial charge in [-0.05, 0) is 68.4 Å². The van der Waals surface area contributed by atoms with Crippen molar-refractivity contribution in [3.8, 4) is 10.4 Å². The summed E-state index contributed by atoms with van der Waals surface area (Å²) < 4.78 is 43.4. The summed E-state index contributed by atoms with van der Waals surface area (Å²) >= 11 is 2.70. The Hall–Kier alpha value is -4.64. The predicted molar refractivity (Wildman–Crippen MR) is 173 cm³/mol. The molecule has 4 aromatic carbocycles. The molecule has 0 aliphatic carbocycles. The molecule has 0 bridgehead atoms. The monoisotopic (exact) mass is 622 g/mol. The third-order valence-corrected chi connectivity index (χ3v) is 9.06. The molecule has 0 fully saturated rings. The highest BCUT2D eigenvalue weighted by molar-refractivity contribution is 7.19. The van der Waals surface area contributed by atoms with E-state index < -0.39 is 17.4 Å². The minimum atomic E-state index is -0.933. The van der Waals surface area contributed by atoms with E-state index in [9.17, 15) is 13.6 Å². The van der Waals surface area contributed by atoms with Gasteiger partial charge in [-0.15, -0.1) is 11.3 Å². The van der Waals surface area contributed by atoms with Gasteiger partial charge in [0.15, 0.2) is 5.78 Å². The number of fused-ring (bicyclic) bond motifs is 2. The standard InChI is InChI=1S/C34H24F2N4O2S2/c1-19-3-7-22(8-4-19)40(23-9-5-20(2)6-10-23)31-14-13-30(43-31)24-11-12-27(34-33(24)38-44-39-34)37-28-17-42-18-29(41)32-25(28)15-21(35)16-26(32)36/h3-16H,17-18H2,1-2H3. The molecule has 0 atom stereocenters. The Bertz CT molecular complexity index is 2020. The molecule has 1 aliphatic rings. The summed E-state index contributed by atoms with van der Waals surface area (Å²) in [5.41, 5.74) is 7.18. The summed E-state index contributed by atoms with van der Waals surface area (Å²) in [6.45, 7) is 3.75. The quantitative estimate of drug-likeness (QED) is 0.192. The number of aromatic nitrogens is 2. The molecular weight excluding hydrogens is 599 g/mol. The van der Waals surface area contributed by atoms with Gasteiger partial charge in [-0.25, -0.2) is 13.8 Å². The molecule has 44 heavy (non-hydrogen) atoms. The van der Waals surface area contributed by atoms with Crippen LogP contribution >= 0.6 is 23.1 Å². The average Bonchev–Trinajstić information content (AvgIpc) is 3.66. The Kier molecular flexibility index (Phi) is 7.33. The van der Waals surface area contributed by atoms with Gasteiger partial charge < -0.3 is 9.64 Å². The van der Waals surface area contributed by atoms with Crippen molar-refractivity contribution in [1.82, 2.24) is 8.75 Å². The van der Waals surface area contributed by atoms with Gasteiger partial charge in [-0.3, -0.25) is 4.79 Å². The number of Topliss-reactive ketones (excluding diaryl/α,β-unsaturated/α-hetero) is 1. The lowest BCUT2D eigenvalue weighted by molar-refractivity contribution is 0.0824. The van der Waals surface area contributed by atoms with Crippen LogP contribution in [0.3, 0.4) is 0 Å². The molecule has 0 saturated heterocycles. The van der Waals surface area contributed by atoms with Crippen LogP contribution in [0, 0.1) is 25.5 Å². The lowest BCUT2D eigenvalue weighted by atomic mass is 9.99. The van der Waals surface area contributed by atoms with E-state index in [1.807, 2.05) is 12.1 Å². The topological polar surface area (TPSA) is 67.7 Å². The van der Waals surface area contributed by atoms with Gasteiger partial charge in [0.2, 0.25) is 0 Å². The number of carbonyl (C=O) groups excluding carboxylic acids is 1. The fourth-order valence-electron chi connectivity index (χ4n) is 5.24. The average molecular weight is 623 g/mol. The van der Waals surface area contributed by atoms with E-state index >= 15 is 0 Å². The number of nitrogens with zero attached hydrogens (tertiary/aromatic N) is 4. The molecule has 0 saturated carbocycles. The molecule has 0 spiro atoms. The van der Waals surface area contributed by atoms with Crippen molar-refractivity contribution >= 4 is 67.7 Å². The highest BCUT2D eigenvalue weighted by atomic mass is 32.1. The van der Waals surface area contributed by atoms with Gasteiger partial charge in [0.1, 0.15) is 34.3 Å². The maximum Gasteiger partial charge on any atom is 0.192 e. The summed E-state index contributed by atoms with van der Waals surface area (Å²) in [6.07, 6.45) is 0. The van der Waals surface area contributed by atoms with E-state index in [0.717, 1.165) is 44.6 Å². The number of halogens is 2. The smallest absolute Gasteiger partial charge is 0.192 e. The first-order valence-electron chi connectivity index (χ1n) is 13.8. The van der Waals surface area contributed by atoms with E-state index in [4.69, 9.17) is 9.73 Å². The van der Waals surface area contributed by atoms with E-state index in [-0.39, 0.29) is 30.1 Å². The highest BCUT2D eigenvalue weighted by Gasteiger charge is 2.26. The van der Waals surface area contributed by atoms with Gasteiger partial charge in [0.25, 0.3) is 0 Å². The third kappa shape index (κ3) is 5.21. The van der Waals surface area contributed by atoms with Crippen molar-refractivity contribution in [1.29, 1.82) is 0 Å². The first-order valence-corrected chi connectivity index (χ1v) is 15.4. The molecule has 7 rings (SSSR count). The molecule has 10 heteroatoms. The van der Waals surface area contributed by atoms with Gasteiger partial charge in [0, 0.05) is 33.4 Å². The summed E-state index contributed by atoms with van der Waals surface area (Å²) in [7, 11) is 0. The van der Waals surface area contributed by atoms with Crippen LogP contribution in [0.25, 0.3) is 21.5 Å². The van der Waals surface area contributed by atoms with Crippen molar-refractivity contribution < 1.29 is 18.3 Å². The molecule has 0 unspecified atom stereocenters.